The number of allylic oxidation sites excluding steroid dienone is 2. The molecule has 134 valence electrons. The summed E-state index contributed by atoms with van der Waals surface area (Å²) >= 11 is -0.407. The van der Waals surface area contributed by atoms with Gasteiger partial charge in [-0.3, -0.25) is 4.98 Å². The maximum atomic E-state index is 6.26. The van der Waals surface area contributed by atoms with Gasteiger partial charge < -0.3 is 24.4 Å². The van der Waals surface area contributed by atoms with Crippen LogP contribution in [0, 0.1) is 0 Å². The molecule has 2 aliphatic heterocycles. The van der Waals surface area contributed by atoms with Crippen molar-refractivity contribution in [3.63, 3.8) is 0 Å². The number of pyridine rings is 1. The van der Waals surface area contributed by atoms with E-state index in [2.05, 4.69) is 27.5 Å². The fourth-order valence-electron chi connectivity index (χ4n) is 2.70. The van der Waals surface area contributed by atoms with Crippen molar-refractivity contribution in [2.24, 2.45) is 0 Å². The summed E-state index contributed by atoms with van der Waals surface area (Å²) in [6.07, 6.45) is 12.0. The molecule has 0 fully saturated rings. The number of benzene rings is 1. The van der Waals surface area contributed by atoms with E-state index >= 15 is 0 Å². The highest BCUT2D eigenvalue weighted by Crippen LogP contribution is 2.36. The van der Waals surface area contributed by atoms with Crippen LogP contribution in [0.3, 0.4) is 0 Å². The molecule has 0 saturated carbocycles. The number of ether oxygens (including phenoxy) is 3. The van der Waals surface area contributed by atoms with Crippen molar-refractivity contribution in [2.75, 3.05) is 20.9 Å². The summed E-state index contributed by atoms with van der Waals surface area (Å²) in [5.74, 6) is 2.08. The van der Waals surface area contributed by atoms with Gasteiger partial charge in [-0.05, 0) is 45.0 Å². The molecule has 26 heavy (non-hydrogen) atoms. The second-order valence-corrected chi connectivity index (χ2v) is 8.24. The normalized spacial score (nSPS) is 15.8. The first-order chi connectivity index (χ1) is 12.8. The highest BCUT2D eigenvalue weighted by molar-refractivity contribution is 14.2. The molecule has 2 aliphatic rings. The Bertz CT molecular complexity index is 966. The molecule has 0 radical (unpaired) electrons. The zero-order valence-electron chi connectivity index (χ0n) is 14.4. The second kappa shape index (κ2) is 7.36. The van der Waals surface area contributed by atoms with Gasteiger partial charge in [0.15, 0.2) is 15.2 Å². The molecule has 1 aromatic carbocycles. The smallest absolute Gasteiger partial charge is 0.162 e. The van der Waals surface area contributed by atoms with E-state index in [0.717, 1.165) is 27.0 Å². The summed E-state index contributed by atoms with van der Waals surface area (Å²) in [5, 5.41) is 4.09. The average Bonchev–Trinajstić information content (AvgIpc) is 3.22. The molecule has 7 heteroatoms. The molecule has 6 nitrogen and oxygen atoms in total. The molecule has 4 rings (SSSR count). The first kappa shape index (κ1) is 16.9. The lowest BCUT2D eigenvalue weighted by atomic mass is 10.2. The lowest BCUT2D eigenvalue weighted by Crippen LogP contribution is -2.19. The lowest BCUT2D eigenvalue weighted by Gasteiger charge is -2.18. The largest absolute Gasteiger partial charge is 0.493 e. The standard InChI is InChI=1S/C19H18IN3O3/c1-24-16-10-13-14(11-17(16)25-2)22-7-6-15(13)26-19-5-3-4-18(20-19)23-9-8-21-12-23/h3-11,21H,12H2,1-2H3. The number of methoxy groups -OCH3 is 2. The van der Waals surface area contributed by atoms with Crippen LogP contribution in [-0.4, -0.2) is 34.5 Å². The summed E-state index contributed by atoms with van der Waals surface area (Å²) < 4.78 is 19.3. The highest BCUT2D eigenvalue weighted by atomic mass is 127. The minimum Gasteiger partial charge on any atom is -0.493 e. The summed E-state index contributed by atoms with van der Waals surface area (Å²) in [6, 6.07) is 5.66. The third-order valence-electron chi connectivity index (χ3n) is 3.97. The maximum Gasteiger partial charge on any atom is 0.162 e. The van der Waals surface area contributed by atoms with Gasteiger partial charge in [-0.1, -0.05) is 6.08 Å². The van der Waals surface area contributed by atoms with Crippen LogP contribution in [0.1, 0.15) is 0 Å². The lowest BCUT2D eigenvalue weighted by molar-refractivity contribution is 0.355. The van der Waals surface area contributed by atoms with E-state index in [-0.39, 0.29) is 0 Å². The van der Waals surface area contributed by atoms with Crippen LogP contribution in [0.4, 0.5) is 0 Å². The van der Waals surface area contributed by atoms with Crippen LogP contribution in [-0.2, 0) is 0 Å². The van der Waals surface area contributed by atoms with Crippen molar-refractivity contribution in [1.29, 1.82) is 0 Å². The molecular weight excluding hydrogens is 445 g/mol. The molecule has 2 aromatic rings. The number of nitrogens with zero attached hydrogens (tertiary/aromatic N) is 2. The molecule has 0 bridgehead atoms. The second-order valence-electron chi connectivity index (χ2n) is 5.53. The minimum atomic E-state index is -0.407. The van der Waals surface area contributed by atoms with Crippen LogP contribution < -0.4 is 19.5 Å². The molecule has 0 amide bonds. The number of nitrogens with one attached hydrogen (secondary N) is 1. The monoisotopic (exact) mass is 463 g/mol. The van der Waals surface area contributed by atoms with Gasteiger partial charge in [-0.25, -0.2) is 0 Å². The highest BCUT2D eigenvalue weighted by Gasteiger charge is 2.14. The first-order valence-electron chi connectivity index (χ1n) is 8.04. The van der Waals surface area contributed by atoms with Crippen LogP contribution in [0.5, 0.6) is 17.2 Å². The van der Waals surface area contributed by atoms with Gasteiger partial charge >= 0.3 is 0 Å². The summed E-state index contributed by atoms with van der Waals surface area (Å²) in [4.78, 5) is 6.63. The van der Waals surface area contributed by atoms with E-state index in [4.69, 9.17) is 14.2 Å². The third kappa shape index (κ3) is 3.26. The van der Waals surface area contributed by atoms with E-state index in [1.807, 2.05) is 36.6 Å². The van der Waals surface area contributed by atoms with E-state index in [1.54, 1.807) is 20.4 Å². The van der Waals surface area contributed by atoms with Crippen molar-refractivity contribution in [1.82, 2.24) is 15.2 Å². The van der Waals surface area contributed by atoms with Crippen LogP contribution in [0.2, 0.25) is 0 Å². The summed E-state index contributed by atoms with van der Waals surface area (Å²) in [7, 11) is 3.24. The molecule has 0 aliphatic carbocycles. The van der Waals surface area contributed by atoms with Crippen molar-refractivity contribution >= 4 is 35.3 Å². The quantitative estimate of drug-likeness (QED) is 0.542. The number of rotatable bonds is 5. The van der Waals surface area contributed by atoms with E-state index < -0.39 is 20.7 Å². The van der Waals surface area contributed by atoms with E-state index in [9.17, 15) is 0 Å². The first-order valence-corrected chi connectivity index (χ1v) is 10.2. The Kier molecular flexibility index (Phi) is 4.79. The minimum absolute atomic E-state index is 0.407. The summed E-state index contributed by atoms with van der Waals surface area (Å²) in [5.41, 5.74) is 0.807. The zero-order valence-corrected chi connectivity index (χ0v) is 16.6. The van der Waals surface area contributed by atoms with E-state index in [0.29, 0.717) is 11.5 Å². The predicted octanol–water partition coefficient (Wildman–Crippen LogP) is 3.48. The van der Waals surface area contributed by atoms with E-state index in [1.165, 1.54) is 3.70 Å². The van der Waals surface area contributed by atoms with Gasteiger partial charge in [-0.15, -0.1) is 0 Å². The summed E-state index contributed by atoms with van der Waals surface area (Å²) in [6.45, 7) is 0.807. The van der Waals surface area contributed by atoms with Gasteiger partial charge in [0.05, 0.1) is 30.1 Å². The topological polar surface area (TPSA) is 55.9 Å². The van der Waals surface area contributed by atoms with Gasteiger partial charge in [0.25, 0.3) is 0 Å². The molecule has 0 spiro atoms. The van der Waals surface area contributed by atoms with Gasteiger partial charge in [0.2, 0.25) is 0 Å². The van der Waals surface area contributed by atoms with Crippen LogP contribution in [0.15, 0.2) is 58.7 Å². The Morgan fingerprint density at radius 3 is 2.77 bits per heavy atom. The molecule has 1 aromatic heterocycles. The Labute approximate surface area is 161 Å². The van der Waals surface area contributed by atoms with Crippen molar-refractivity contribution in [2.45, 2.75) is 0 Å². The Balaban J connectivity index is 1.68. The van der Waals surface area contributed by atoms with Crippen LogP contribution in [0.25, 0.3) is 10.9 Å². The number of hydrogen-bond acceptors (Lipinski definition) is 6. The Hall–Kier alpha value is -2.55. The van der Waals surface area contributed by atoms with Crippen molar-refractivity contribution in [3.8, 4) is 17.2 Å². The van der Waals surface area contributed by atoms with Crippen LogP contribution >= 0.6 is 20.7 Å². The SMILES string of the molecule is COc1cc2nccc(OC3=IC(N4C=CNC4)=CC=C3)c2cc1OC. The molecule has 3 heterocycles. The number of aromatic nitrogens is 1. The number of fused-ring (bicyclic) bond motifs is 1. The molecule has 0 unspecified atom stereocenters. The molecular formula is C19H18IN3O3. The van der Waals surface area contributed by atoms with Gasteiger partial charge in [0, 0.05) is 30.0 Å². The average molecular weight is 463 g/mol. The zero-order chi connectivity index (χ0) is 17.9. The Morgan fingerprint density at radius 2 is 2.00 bits per heavy atom. The van der Waals surface area contributed by atoms with Gasteiger partial charge in [0.1, 0.15) is 5.75 Å². The molecule has 1 N–H and O–H groups in total. The fraction of sp³-hybridized carbons (Fsp3) is 0.158. The van der Waals surface area contributed by atoms with Crippen molar-refractivity contribution < 1.29 is 14.2 Å². The number of halogens is 1. The Morgan fingerprint density at radius 1 is 1.15 bits per heavy atom. The fourth-order valence-corrected chi connectivity index (χ4v) is 5.01. The molecule has 0 saturated heterocycles. The number of hydrogen-bond donors (Lipinski definition) is 1. The third-order valence-corrected chi connectivity index (χ3v) is 6.62. The maximum absolute atomic E-state index is 6.26. The van der Waals surface area contributed by atoms with Crippen molar-refractivity contribution in [3.05, 3.63) is 58.7 Å². The van der Waals surface area contributed by atoms with Gasteiger partial charge in [-0.2, -0.15) is 0 Å². The molecule has 0 atom stereocenters. The predicted molar refractivity (Wildman–Crippen MR) is 111 cm³/mol.